The van der Waals surface area contributed by atoms with Gasteiger partial charge in [-0.25, -0.2) is 8.42 Å². The number of carbonyl (C=O) groups is 1. The van der Waals surface area contributed by atoms with Crippen molar-refractivity contribution < 1.29 is 18.3 Å². The molecule has 1 atom stereocenters. The maximum absolute atomic E-state index is 12.6. The van der Waals surface area contributed by atoms with Gasteiger partial charge in [0.1, 0.15) is 0 Å². The summed E-state index contributed by atoms with van der Waals surface area (Å²) in [7, 11) is -2.92. The largest absolute Gasteiger partial charge is 0.393 e. The lowest BCUT2D eigenvalue weighted by Gasteiger charge is -2.37. The second-order valence-electron chi connectivity index (χ2n) is 7.06. The number of carbonyl (C=O) groups excluding carboxylic acids is 1. The van der Waals surface area contributed by atoms with E-state index in [2.05, 4.69) is 5.32 Å². The SMILES string of the molecule is CCC(NC(=O)c1cccc(N2CCS(=O)(=O)CC2)c1)C1CC(O)C1. The number of hydrogen-bond acceptors (Lipinski definition) is 5. The van der Waals surface area contributed by atoms with Crippen LogP contribution in [-0.4, -0.2) is 56.2 Å². The molecule has 1 amide bonds. The first kappa shape index (κ1) is 18.2. The highest BCUT2D eigenvalue weighted by molar-refractivity contribution is 7.91. The fourth-order valence-corrected chi connectivity index (χ4v) is 4.78. The standard InChI is InChI=1S/C18H26N2O4S/c1-2-17(14-11-16(21)12-14)19-18(22)13-4-3-5-15(10-13)20-6-8-25(23,24)9-7-20/h3-5,10,14,16-17,21H,2,6-9,11-12H2,1H3,(H,19,22). The molecule has 0 spiro atoms. The van der Waals surface area contributed by atoms with E-state index >= 15 is 0 Å². The van der Waals surface area contributed by atoms with Crippen molar-refractivity contribution in [3.8, 4) is 0 Å². The zero-order valence-electron chi connectivity index (χ0n) is 14.5. The monoisotopic (exact) mass is 366 g/mol. The number of aliphatic hydroxyl groups is 1. The van der Waals surface area contributed by atoms with Crippen LogP contribution in [0.25, 0.3) is 0 Å². The third-order valence-corrected chi connectivity index (χ3v) is 6.90. The van der Waals surface area contributed by atoms with E-state index in [0.29, 0.717) is 24.6 Å². The molecule has 7 heteroatoms. The van der Waals surface area contributed by atoms with Gasteiger partial charge in [0.25, 0.3) is 5.91 Å². The lowest BCUT2D eigenvalue weighted by atomic mass is 9.76. The van der Waals surface area contributed by atoms with E-state index < -0.39 is 9.84 Å². The molecule has 1 aromatic carbocycles. The molecule has 1 aromatic rings. The van der Waals surface area contributed by atoms with Crippen molar-refractivity contribution in [2.24, 2.45) is 5.92 Å². The molecule has 0 aromatic heterocycles. The molecule has 1 aliphatic carbocycles. The van der Waals surface area contributed by atoms with E-state index in [1.807, 2.05) is 30.0 Å². The first-order chi connectivity index (χ1) is 11.9. The van der Waals surface area contributed by atoms with E-state index in [1.165, 1.54) is 0 Å². The van der Waals surface area contributed by atoms with Gasteiger partial charge in [0.15, 0.2) is 9.84 Å². The minimum atomic E-state index is -2.92. The van der Waals surface area contributed by atoms with Gasteiger partial charge in [-0.15, -0.1) is 0 Å². The Morgan fingerprint density at radius 2 is 2.00 bits per heavy atom. The molecule has 1 unspecified atom stereocenters. The highest BCUT2D eigenvalue weighted by Gasteiger charge is 2.34. The summed E-state index contributed by atoms with van der Waals surface area (Å²) in [5.74, 6) is 0.551. The Hall–Kier alpha value is -1.60. The van der Waals surface area contributed by atoms with Crippen molar-refractivity contribution in [2.45, 2.75) is 38.3 Å². The summed E-state index contributed by atoms with van der Waals surface area (Å²) in [5, 5.41) is 12.6. The van der Waals surface area contributed by atoms with Gasteiger partial charge in [0.05, 0.1) is 17.6 Å². The fraction of sp³-hybridized carbons (Fsp3) is 0.611. The van der Waals surface area contributed by atoms with Gasteiger partial charge in [0.2, 0.25) is 0 Å². The molecule has 1 aliphatic heterocycles. The van der Waals surface area contributed by atoms with Crippen LogP contribution in [0, 0.1) is 5.92 Å². The molecule has 1 heterocycles. The van der Waals surface area contributed by atoms with Gasteiger partial charge in [0, 0.05) is 30.4 Å². The summed E-state index contributed by atoms with van der Waals surface area (Å²) in [6.07, 6.45) is 2.12. The minimum absolute atomic E-state index is 0.0830. The van der Waals surface area contributed by atoms with Crippen LogP contribution in [0.5, 0.6) is 0 Å². The summed E-state index contributed by atoms with van der Waals surface area (Å²) in [5.41, 5.74) is 1.47. The van der Waals surface area contributed by atoms with Crippen molar-refractivity contribution in [1.29, 1.82) is 0 Å². The molecule has 0 bridgehead atoms. The van der Waals surface area contributed by atoms with Crippen LogP contribution in [0.2, 0.25) is 0 Å². The molecule has 2 aliphatic rings. The number of anilines is 1. The van der Waals surface area contributed by atoms with E-state index in [-0.39, 0.29) is 29.6 Å². The lowest BCUT2D eigenvalue weighted by Crippen LogP contribution is -2.46. The van der Waals surface area contributed by atoms with Crippen LogP contribution in [-0.2, 0) is 9.84 Å². The molecule has 2 N–H and O–H groups in total. The minimum Gasteiger partial charge on any atom is -0.393 e. The Balaban J connectivity index is 1.65. The Labute approximate surface area is 149 Å². The molecular weight excluding hydrogens is 340 g/mol. The molecule has 1 saturated heterocycles. The zero-order chi connectivity index (χ0) is 18.0. The molecule has 1 saturated carbocycles. The number of nitrogens with zero attached hydrogens (tertiary/aromatic N) is 1. The van der Waals surface area contributed by atoms with E-state index in [9.17, 15) is 18.3 Å². The van der Waals surface area contributed by atoms with Crippen molar-refractivity contribution >= 4 is 21.4 Å². The number of nitrogens with one attached hydrogen (secondary N) is 1. The second-order valence-corrected chi connectivity index (χ2v) is 9.37. The fourth-order valence-electron chi connectivity index (χ4n) is 3.58. The number of benzene rings is 1. The molecule has 138 valence electrons. The summed E-state index contributed by atoms with van der Waals surface area (Å²) in [4.78, 5) is 14.6. The average Bonchev–Trinajstić information content (AvgIpc) is 2.57. The topological polar surface area (TPSA) is 86.7 Å². The van der Waals surface area contributed by atoms with Crippen LogP contribution < -0.4 is 10.2 Å². The van der Waals surface area contributed by atoms with Gasteiger partial charge in [-0.05, 0) is 43.4 Å². The van der Waals surface area contributed by atoms with Crippen LogP contribution in [0.15, 0.2) is 24.3 Å². The zero-order valence-corrected chi connectivity index (χ0v) is 15.3. The van der Waals surface area contributed by atoms with Crippen LogP contribution in [0.3, 0.4) is 0 Å². The lowest BCUT2D eigenvalue weighted by molar-refractivity contribution is 0.0232. The van der Waals surface area contributed by atoms with Crippen molar-refractivity contribution in [3.05, 3.63) is 29.8 Å². The number of aliphatic hydroxyl groups excluding tert-OH is 1. The molecular formula is C18H26N2O4S. The van der Waals surface area contributed by atoms with E-state index in [4.69, 9.17) is 0 Å². The Kier molecular flexibility index (Phi) is 5.34. The predicted octanol–water partition coefficient (Wildman–Crippen LogP) is 1.20. The maximum Gasteiger partial charge on any atom is 0.251 e. The third kappa shape index (κ3) is 4.33. The first-order valence-corrected chi connectivity index (χ1v) is 10.7. The molecule has 3 rings (SSSR count). The highest BCUT2D eigenvalue weighted by Crippen LogP contribution is 2.31. The van der Waals surface area contributed by atoms with Crippen LogP contribution in [0.4, 0.5) is 5.69 Å². The van der Waals surface area contributed by atoms with Crippen molar-refractivity contribution in [2.75, 3.05) is 29.5 Å². The Bertz CT molecular complexity index is 714. The number of hydrogen-bond donors (Lipinski definition) is 2. The smallest absolute Gasteiger partial charge is 0.251 e. The third-order valence-electron chi connectivity index (χ3n) is 5.29. The van der Waals surface area contributed by atoms with Crippen molar-refractivity contribution in [3.63, 3.8) is 0 Å². The number of amides is 1. The van der Waals surface area contributed by atoms with Gasteiger partial charge in [-0.2, -0.15) is 0 Å². The highest BCUT2D eigenvalue weighted by atomic mass is 32.2. The normalized spacial score (nSPS) is 26.6. The molecule has 6 nitrogen and oxygen atoms in total. The summed E-state index contributed by atoms with van der Waals surface area (Å²) >= 11 is 0. The Morgan fingerprint density at radius 1 is 1.32 bits per heavy atom. The summed E-state index contributed by atoms with van der Waals surface area (Å²) < 4.78 is 23.1. The maximum atomic E-state index is 12.6. The summed E-state index contributed by atoms with van der Waals surface area (Å²) in [6.45, 7) is 2.97. The summed E-state index contributed by atoms with van der Waals surface area (Å²) in [6, 6.07) is 7.44. The molecule has 2 fully saturated rings. The second kappa shape index (κ2) is 7.33. The van der Waals surface area contributed by atoms with E-state index in [1.54, 1.807) is 6.07 Å². The predicted molar refractivity (Wildman–Crippen MR) is 97.6 cm³/mol. The number of sulfone groups is 1. The van der Waals surface area contributed by atoms with Crippen LogP contribution >= 0.6 is 0 Å². The molecule has 0 radical (unpaired) electrons. The average molecular weight is 366 g/mol. The Morgan fingerprint density at radius 3 is 2.60 bits per heavy atom. The van der Waals surface area contributed by atoms with Crippen LogP contribution in [0.1, 0.15) is 36.5 Å². The van der Waals surface area contributed by atoms with Crippen molar-refractivity contribution in [1.82, 2.24) is 5.32 Å². The van der Waals surface area contributed by atoms with Gasteiger partial charge >= 0.3 is 0 Å². The van der Waals surface area contributed by atoms with Gasteiger partial charge < -0.3 is 15.3 Å². The number of rotatable bonds is 5. The van der Waals surface area contributed by atoms with Gasteiger partial charge in [-0.3, -0.25) is 4.79 Å². The van der Waals surface area contributed by atoms with Gasteiger partial charge in [-0.1, -0.05) is 13.0 Å². The van der Waals surface area contributed by atoms with E-state index in [0.717, 1.165) is 24.9 Å². The molecule has 25 heavy (non-hydrogen) atoms. The quantitative estimate of drug-likeness (QED) is 0.818. The first-order valence-electron chi connectivity index (χ1n) is 8.92.